The SMILES string of the molecule is CC/C=C\C/C=C\C/C=C\C/C=C\C/C=C\C/C=C\CCCCCCCCCCCCCCCCCCC(=O)OCC(O)COP(=O)(O)OCC(O)COP(=O)(O)OCC(COC(=O)CCCCCCCCCCCCCCCCCC/C=C\C/C=C\C/C=C\C/C=C\C/C=C\C/C=C\CC)OC(=O)CCCCCC/C=C\C/C=C\C/C=C\C/C=C\C/C=C\C/C=C\CC. The summed E-state index contributed by atoms with van der Waals surface area (Å²) in [5.74, 6) is -1.60. The molecule has 0 aliphatic carbocycles. The number of carbonyl (C=O) groups is 3. The average Bonchev–Trinajstić information content (AvgIpc) is 0.899. The Morgan fingerprint density at radius 2 is 0.388 bits per heavy atom. The minimum Gasteiger partial charge on any atom is -0.463 e. The second kappa shape index (κ2) is 101. The van der Waals surface area contributed by atoms with Crippen LogP contribution >= 0.6 is 15.6 Å². The van der Waals surface area contributed by atoms with E-state index in [-0.39, 0.29) is 19.3 Å². The number of esters is 3. The second-order valence-electron chi connectivity index (χ2n) is 33.5. The van der Waals surface area contributed by atoms with Gasteiger partial charge in [0.05, 0.1) is 26.4 Å². The molecule has 0 saturated carbocycles. The van der Waals surface area contributed by atoms with Crippen LogP contribution in [0.2, 0.25) is 0 Å². The lowest BCUT2D eigenvalue weighted by Gasteiger charge is -2.21. The van der Waals surface area contributed by atoms with Crippen molar-refractivity contribution in [2.45, 2.75) is 424 Å². The maximum atomic E-state index is 13.1. The highest BCUT2D eigenvalue weighted by atomic mass is 31.2. The first-order valence-corrected chi connectivity index (χ1v) is 54.0. The number of ether oxygens (including phenoxy) is 3. The molecule has 5 unspecified atom stereocenters. The Kier molecular flexibility index (Phi) is 96.1. The number of allylic oxidation sites excluding steroid dienone is 36. The van der Waals surface area contributed by atoms with Crippen LogP contribution in [0, 0.1) is 0 Å². The van der Waals surface area contributed by atoms with Gasteiger partial charge in [-0.15, -0.1) is 0 Å². The van der Waals surface area contributed by atoms with Crippen molar-refractivity contribution in [3.8, 4) is 0 Å². The van der Waals surface area contributed by atoms with E-state index < -0.39 is 91.5 Å². The van der Waals surface area contributed by atoms with Crippen molar-refractivity contribution >= 4 is 33.6 Å². The molecular weight excluding hydrogens is 1650 g/mol. The van der Waals surface area contributed by atoms with Gasteiger partial charge < -0.3 is 34.2 Å². The van der Waals surface area contributed by atoms with Gasteiger partial charge in [-0.1, -0.05) is 432 Å². The zero-order valence-corrected chi connectivity index (χ0v) is 83.1. The molecule has 0 amide bonds. The third kappa shape index (κ3) is 102. The highest BCUT2D eigenvalue weighted by Gasteiger charge is 2.30. The Hall–Kier alpha value is -6.13. The van der Waals surface area contributed by atoms with E-state index in [0.717, 1.165) is 186 Å². The minimum absolute atomic E-state index is 0.0691. The lowest BCUT2D eigenvalue weighted by molar-refractivity contribution is -0.161. The highest BCUT2D eigenvalue weighted by Crippen LogP contribution is 2.45. The summed E-state index contributed by atoms with van der Waals surface area (Å²) in [5, 5.41) is 20.8. The zero-order valence-electron chi connectivity index (χ0n) is 81.3. The zero-order chi connectivity index (χ0) is 93.5. The molecule has 734 valence electrons. The number of aliphatic hydroxyl groups is 2. The molecular formula is C111H184O16P2. The number of unbranched alkanes of at least 4 members (excludes halogenated alkanes) is 36. The summed E-state index contributed by atoms with van der Waals surface area (Å²) in [5.41, 5.74) is 0. The lowest BCUT2D eigenvalue weighted by atomic mass is 10.0. The molecule has 16 nitrogen and oxygen atoms in total. The monoisotopic (exact) mass is 1840 g/mol. The van der Waals surface area contributed by atoms with E-state index in [4.69, 9.17) is 32.3 Å². The van der Waals surface area contributed by atoms with Crippen LogP contribution in [-0.4, -0.2) is 95.9 Å². The normalized spacial score (nSPS) is 14.6. The van der Waals surface area contributed by atoms with Gasteiger partial charge in [0.1, 0.15) is 25.4 Å². The second-order valence-corrected chi connectivity index (χ2v) is 36.4. The Bertz CT molecular complexity index is 3230. The van der Waals surface area contributed by atoms with Crippen molar-refractivity contribution in [2.24, 2.45) is 0 Å². The van der Waals surface area contributed by atoms with Gasteiger partial charge >= 0.3 is 33.6 Å². The molecule has 18 heteroatoms. The molecule has 4 N–H and O–H groups in total. The molecule has 0 aromatic carbocycles. The van der Waals surface area contributed by atoms with Crippen LogP contribution in [0.15, 0.2) is 219 Å². The van der Waals surface area contributed by atoms with Crippen LogP contribution < -0.4 is 0 Å². The molecule has 0 fully saturated rings. The Morgan fingerprint density at radius 3 is 0.612 bits per heavy atom. The smallest absolute Gasteiger partial charge is 0.463 e. The van der Waals surface area contributed by atoms with E-state index >= 15 is 0 Å². The van der Waals surface area contributed by atoms with Crippen LogP contribution in [0.5, 0.6) is 0 Å². The van der Waals surface area contributed by atoms with Gasteiger partial charge in [0, 0.05) is 19.3 Å². The molecule has 129 heavy (non-hydrogen) atoms. The van der Waals surface area contributed by atoms with E-state index in [2.05, 4.69) is 240 Å². The third-order valence-corrected chi connectivity index (χ3v) is 23.1. The molecule has 0 radical (unpaired) electrons. The molecule has 0 heterocycles. The summed E-state index contributed by atoms with van der Waals surface area (Å²) in [6.45, 7) is 2.35. The highest BCUT2D eigenvalue weighted by molar-refractivity contribution is 7.47. The van der Waals surface area contributed by atoms with Crippen molar-refractivity contribution in [3.05, 3.63) is 219 Å². The van der Waals surface area contributed by atoms with Gasteiger partial charge in [-0.2, -0.15) is 0 Å². The predicted molar refractivity (Wildman–Crippen MR) is 546 cm³/mol. The molecule has 0 saturated heterocycles. The van der Waals surface area contributed by atoms with E-state index in [9.17, 15) is 43.5 Å². The van der Waals surface area contributed by atoms with Crippen molar-refractivity contribution in [2.75, 3.05) is 39.6 Å². The van der Waals surface area contributed by atoms with Crippen LogP contribution in [0.25, 0.3) is 0 Å². The average molecular weight is 1840 g/mol. The minimum atomic E-state index is -4.96. The molecule has 5 atom stereocenters. The fraction of sp³-hybridized carbons (Fsp3) is 0.649. The van der Waals surface area contributed by atoms with Gasteiger partial charge in [-0.3, -0.25) is 32.5 Å². The van der Waals surface area contributed by atoms with E-state index in [1.54, 1.807) is 0 Å². The number of phosphoric ester groups is 2. The van der Waals surface area contributed by atoms with E-state index in [1.165, 1.54) is 161 Å². The Morgan fingerprint density at radius 1 is 0.217 bits per heavy atom. The van der Waals surface area contributed by atoms with Crippen molar-refractivity contribution in [3.63, 3.8) is 0 Å². The van der Waals surface area contributed by atoms with Gasteiger partial charge in [0.2, 0.25) is 0 Å². The van der Waals surface area contributed by atoms with E-state index in [1.807, 2.05) is 0 Å². The fourth-order valence-electron chi connectivity index (χ4n) is 13.6. The van der Waals surface area contributed by atoms with Crippen LogP contribution in [-0.2, 0) is 55.8 Å². The molecule has 0 aliphatic rings. The molecule has 0 aliphatic heterocycles. The summed E-state index contributed by atoms with van der Waals surface area (Å²) in [6.07, 6.45) is 139. The van der Waals surface area contributed by atoms with Crippen LogP contribution in [0.1, 0.15) is 406 Å². The Balaban J connectivity index is 4.58. The number of hydrogen-bond donors (Lipinski definition) is 4. The number of hydrogen-bond acceptors (Lipinski definition) is 14. The largest absolute Gasteiger partial charge is 0.472 e. The Labute approximate surface area is 787 Å². The first kappa shape index (κ1) is 123. The summed E-state index contributed by atoms with van der Waals surface area (Å²) in [4.78, 5) is 59.2. The first-order chi connectivity index (χ1) is 63.2. The van der Waals surface area contributed by atoms with Gasteiger partial charge in [0.15, 0.2) is 6.10 Å². The number of rotatable bonds is 95. The number of phosphoric acid groups is 2. The van der Waals surface area contributed by atoms with Crippen molar-refractivity contribution in [1.82, 2.24) is 0 Å². The molecule has 0 spiro atoms. The van der Waals surface area contributed by atoms with Crippen LogP contribution in [0.4, 0.5) is 0 Å². The number of carbonyl (C=O) groups excluding carboxylic acids is 3. The van der Waals surface area contributed by atoms with E-state index in [0.29, 0.717) is 19.3 Å². The molecule has 0 aromatic heterocycles. The topological polar surface area (TPSA) is 231 Å². The van der Waals surface area contributed by atoms with Gasteiger partial charge in [0.25, 0.3) is 0 Å². The maximum absolute atomic E-state index is 13.1. The summed E-state index contributed by atoms with van der Waals surface area (Å²) >= 11 is 0. The third-order valence-electron chi connectivity index (χ3n) is 21.2. The molecule has 0 bridgehead atoms. The fourth-order valence-corrected chi connectivity index (χ4v) is 15.2. The molecule has 0 aromatic rings. The summed E-state index contributed by atoms with van der Waals surface area (Å²) < 4.78 is 61.6. The molecule has 0 rings (SSSR count). The predicted octanol–water partition coefficient (Wildman–Crippen LogP) is 32.5. The van der Waals surface area contributed by atoms with Gasteiger partial charge in [-0.25, -0.2) is 9.13 Å². The standard InChI is InChI=1S/C111H184O16P2/c1-4-7-10-13-16-19-22-25-28-31-34-37-40-42-44-46-48-50-52-54-56-58-60-62-65-67-70-73-76-79-82-85-88-91-94-97-109(114)121-100-106(112)101-123-128(117,118)124-102-107(113)103-125-129(119,120)126-105-108(127-111(116)99-96-93-90-87-84-81-78-75-72-69-64-39-36-33-30-27-24-21-18-15-12-9-6-3)104-122-110(115)98-95-92-89-86-83-80-77-74-71-68-66-63-61-59-57-55-53-51-49-47-45-43-41-38-35-32-29-26-23-20-17-14-11-8-5-2/h7-12,16-21,25-30,34-39,42-45,48-51,69,72,78,81,106-108,112-113H,4-6,13-15,22-24,31-33,40-41,46-47,52-68,70-71,73-77,79-80,82-105H2,1-3H3,(H,117,118)(H,119,120)/b10-7-,11-8-,12-9-,19-16-,20-17-,21-18-,28-25-,29-26-,30-27-,37-34-,38-35-,39-36-,44-42-,45-43-,50-48-,51-49-,72-69-,81-78-. The quantitative estimate of drug-likeness (QED) is 0.0146. The maximum Gasteiger partial charge on any atom is 0.472 e. The van der Waals surface area contributed by atoms with Crippen LogP contribution in [0.3, 0.4) is 0 Å². The summed E-state index contributed by atoms with van der Waals surface area (Å²) in [6, 6.07) is 0. The first-order valence-electron chi connectivity index (χ1n) is 51.0. The number of aliphatic hydroxyl groups excluding tert-OH is 2. The van der Waals surface area contributed by atoms with Crippen molar-refractivity contribution < 1.29 is 75.8 Å². The summed E-state index contributed by atoms with van der Waals surface area (Å²) in [7, 11) is -9.83. The lowest BCUT2D eigenvalue weighted by Crippen LogP contribution is -2.30. The van der Waals surface area contributed by atoms with Gasteiger partial charge in [-0.05, 0) is 173 Å². The van der Waals surface area contributed by atoms with Crippen molar-refractivity contribution in [1.29, 1.82) is 0 Å².